The molecule has 14 heavy (non-hydrogen) atoms. The molecule has 1 aromatic rings. The second kappa shape index (κ2) is 4.79. The second-order valence-corrected chi connectivity index (χ2v) is 3.45. The Bertz CT molecular complexity index is 280. The van der Waals surface area contributed by atoms with Crippen molar-refractivity contribution in [2.75, 3.05) is 6.61 Å². The Kier molecular flexibility index (Phi) is 3.68. The molecule has 1 rings (SSSR count). The zero-order chi connectivity index (χ0) is 10.6. The van der Waals surface area contributed by atoms with E-state index >= 15 is 0 Å². The molecule has 0 saturated heterocycles. The summed E-state index contributed by atoms with van der Waals surface area (Å²) in [5, 5.41) is 0. The molecule has 4 heteroatoms. The van der Waals surface area contributed by atoms with Crippen LogP contribution in [0.5, 0.6) is 0 Å². The average molecular weight is 196 g/mol. The van der Waals surface area contributed by atoms with E-state index < -0.39 is 0 Å². The lowest BCUT2D eigenvalue weighted by atomic mass is 10.0. The third-order valence-electron chi connectivity index (χ3n) is 2.01. The second-order valence-electron chi connectivity index (χ2n) is 3.45. The monoisotopic (exact) mass is 196 g/mol. The number of rotatable bonds is 4. The smallest absolute Gasteiger partial charge is 0.329 e. The van der Waals surface area contributed by atoms with Gasteiger partial charge in [-0.3, -0.25) is 0 Å². The van der Waals surface area contributed by atoms with Crippen LogP contribution in [-0.4, -0.2) is 22.1 Å². The van der Waals surface area contributed by atoms with E-state index in [4.69, 9.17) is 4.74 Å². The first-order valence-electron chi connectivity index (χ1n) is 4.81. The fourth-order valence-corrected chi connectivity index (χ4v) is 1.40. The summed E-state index contributed by atoms with van der Waals surface area (Å²) in [7, 11) is 0. The van der Waals surface area contributed by atoms with Crippen molar-refractivity contribution in [1.29, 1.82) is 0 Å². The van der Waals surface area contributed by atoms with E-state index in [-0.39, 0.29) is 17.9 Å². The van der Waals surface area contributed by atoms with E-state index in [9.17, 15) is 4.79 Å². The molecule has 0 aliphatic rings. The highest BCUT2D eigenvalue weighted by Gasteiger charge is 2.24. The number of nitrogens with zero attached hydrogens (tertiary/aromatic N) is 2. The molecule has 0 radical (unpaired) electrons. The van der Waals surface area contributed by atoms with E-state index in [1.807, 2.05) is 20.8 Å². The lowest BCUT2D eigenvalue weighted by molar-refractivity contribution is -0.148. The van der Waals surface area contributed by atoms with Gasteiger partial charge >= 0.3 is 5.97 Å². The third-order valence-corrected chi connectivity index (χ3v) is 2.01. The summed E-state index contributed by atoms with van der Waals surface area (Å²) in [5.41, 5.74) is 0. The lowest BCUT2D eigenvalue weighted by Crippen LogP contribution is -2.25. The van der Waals surface area contributed by atoms with Gasteiger partial charge in [-0.1, -0.05) is 13.8 Å². The van der Waals surface area contributed by atoms with Crippen LogP contribution in [-0.2, 0) is 9.53 Å². The summed E-state index contributed by atoms with van der Waals surface area (Å²) in [6.07, 6.45) is 5.08. The quantitative estimate of drug-likeness (QED) is 0.688. The number of hydrogen-bond donors (Lipinski definition) is 0. The van der Waals surface area contributed by atoms with Crippen molar-refractivity contribution in [2.45, 2.75) is 26.8 Å². The van der Waals surface area contributed by atoms with Crippen molar-refractivity contribution >= 4 is 5.97 Å². The van der Waals surface area contributed by atoms with Gasteiger partial charge in [0.25, 0.3) is 0 Å². The van der Waals surface area contributed by atoms with Gasteiger partial charge in [0.05, 0.1) is 12.9 Å². The van der Waals surface area contributed by atoms with Crippen LogP contribution in [0, 0.1) is 5.92 Å². The Morgan fingerprint density at radius 3 is 2.71 bits per heavy atom. The first-order chi connectivity index (χ1) is 6.66. The zero-order valence-corrected chi connectivity index (χ0v) is 8.80. The number of imidazole rings is 1. The molecular weight excluding hydrogens is 180 g/mol. The van der Waals surface area contributed by atoms with Crippen LogP contribution in [0.2, 0.25) is 0 Å². The normalized spacial score (nSPS) is 12.9. The van der Waals surface area contributed by atoms with Crippen LogP contribution in [0.15, 0.2) is 18.7 Å². The Balaban J connectivity index is 2.80. The lowest BCUT2D eigenvalue weighted by Gasteiger charge is -2.19. The highest BCUT2D eigenvalue weighted by molar-refractivity contribution is 5.74. The largest absolute Gasteiger partial charge is 0.464 e. The fraction of sp³-hybridized carbons (Fsp3) is 0.600. The minimum Gasteiger partial charge on any atom is -0.464 e. The molecule has 1 atom stereocenters. The molecule has 0 aliphatic heterocycles. The number of esters is 1. The van der Waals surface area contributed by atoms with E-state index in [0.717, 1.165) is 0 Å². The van der Waals surface area contributed by atoms with Gasteiger partial charge in [-0.15, -0.1) is 0 Å². The number of carbonyl (C=O) groups is 1. The van der Waals surface area contributed by atoms with Gasteiger partial charge in [-0.25, -0.2) is 9.78 Å². The predicted molar refractivity (Wildman–Crippen MR) is 52.7 cm³/mol. The van der Waals surface area contributed by atoms with Gasteiger partial charge < -0.3 is 9.30 Å². The Morgan fingerprint density at radius 2 is 2.29 bits per heavy atom. The van der Waals surface area contributed by atoms with Gasteiger partial charge in [-0.05, 0) is 12.8 Å². The van der Waals surface area contributed by atoms with Crippen molar-refractivity contribution in [3.05, 3.63) is 18.7 Å². The third kappa shape index (κ3) is 2.34. The maximum atomic E-state index is 11.6. The van der Waals surface area contributed by atoms with Gasteiger partial charge in [0.1, 0.15) is 6.04 Å². The Hall–Kier alpha value is -1.32. The topological polar surface area (TPSA) is 44.1 Å². The van der Waals surface area contributed by atoms with Crippen LogP contribution in [0.3, 0.4) is 0 Å². The molecule has 0 aromatic carbocycles. The summed E-state index contributed by atoms with van der Waals surface area (Å²) in [4.78, 5) is 15.5. The van der Waals surface area contributed by atoms with Crippen LogP contribution in [0.1, 0.15) is 26.8 Å². The zero-order valence-electron chi connectivity index (χ0n) is 8.80. The van der Waals surface area contributed by atoms with Gasteiger partial charge in [0, 0.05) is 12.4 Å². The summed E-state index contributed by atoms with van der Waals surface area (Å²) in [6, 6.07) is -0.266. The maximum Gasteiger partial charge on any atom is 0.329 e. The Labute approximate surface area is 83.9 Å². The number of aromatic nitrogens is 2. The molecule has 0 bridgehead atoms. The molecule has 0 N–H and O–H groups in total. The first kappa shape index (κ1) is 10.8. The summed E-state index contributed by atoms with van der Waals surface area (Å²) >= 11 is 0. The van der Waals surface area contributed by atoms with Gasteiger partial charge in [-0.2, -0.15) is 0 Å². The van der Waals surface area contributed by atoms with Crippen molar-refractivity contribution in [2.24, 2.45) is 5.92 Å². The fourth-order valence-electron chi connectivity index (χ4n) is 1.40. The van der Waals surface area contributed by atoms with E-state index in [1.165, 1.54) is 0 Å². The summed E-state index contributed by atoms with van der Waals surface area (Å²) in [6.45, 7) is 6.20. The molecule has 1 aromatic heterocycles. The van der Waals surface area contributed by atoms with E-state index in [0.29, 0.717) is 6.61 Å². The highest BCUT2D eigenvalue weighted by Crippen LogP contribution is 2.18. The first-order valence-corrected chi connectivity index (χ1v) is 4.81. The SMILES string of the molecule is CCOC(=O)[C@@H](C(C)C)n1ccnc1. The van der Waals surface area contributed by atoms with Gasteiger partial charge in [0.2, 0.25) is 0 Å². The molecule has 0 saturated carbocycles. The molecule has 1 heterocycles. The molecule has 0 spiro atoms. The molecule has 0 unspecified atom stereocenters. The van der Waals surface area contributed by atoms with E-state index in [1.54, 1.807) is 23.3 Å². The van der Waals surface area contributed by atoms with Crippen molar-refractivity contribution in [3.8, 4) is 0 Å². The van der Waals surface area contributed by atoms with Crippen LogP contribution >= 0.6 is 0 Å². The molecular formula is C10H16N2O2. The average Bonchev–Trinajstić information content (AvgIpc) is 2.57. The number of hydrogen-bond acceptors (Lipinski definition) is 3. The minimum atomic E-state index is -0.266. The maximum absolute atomic E-state index is 11.6. The molecule has 0 fully saturated rings. The Morgan fingerprint density at radius 1 is 1.57 bits per heavy atom. The van der Waals surface area contributed by atoms with E-state index in [2.05, 4.69) is 4.98 Å². The van der Waals surface area contributed by atoms with Crippen molar-refractivity contribution in [3.63, 3.8) is 0 Å². The number of carbonyl (C=O) groups excluding carboxylic acids is 1. The van der Waals surface area contributed by atoms with Crippen molar-refractivity contribution in [1.82, 2.24) is 9.55 Å². The minimum absolute atomic E-state index is 0.194. The molecule has 0 amide bonds. The molecule has 78 valence electrons. The molecule has 4 nitrogen and oxygen atoms in total. The number of ether oxygens (including phenoxy) is 1. The summed E-state index contributed by atoms with van der Waals surface area (Å²) in [5.74, 6) is 0.00347. The van der Waals surface area contributed by atoms with Crippen molar-refractivity contribution < 1.29 is 9.53 Å². The van der Waals surface area contributed by atoms with Crippen LogP contribution in [0.25, 0.3) is 0 Å². The molecule has 0 aliphatic carbocycles. The highest BCUT2D eigenvalue weighted by atomic mass is 16.5. The predicted octanol–water partition coefficient (Wildman–Crippen LogP) is 1.64. The standard InChI is InChI=1S/C10H16N2O2/c1-4-14-10(13)9(8(2)3)12-6-5-11-7-12/h5-9H,4H2,1-3H3/t9-/m1/s1. The van der Waals surface area contributed by atoms with Gasteiger partial charge in [0.15, 0.2) is 0 Å². The van der Waals surface area contributed by atoms with Crippen LogP contribution in [0.4, 0.5) is 0 Å². The summed E-state index contributed by atoms with van der Waals surface area (Å²) < 4.78 is 6.78. The van der Waals surface area contributed by atoms with Crippen LogP contribution < -0.4 is 0 Å².